The Hall–Kier alpha value is -2.74. The Kier molecular flexibility index (Phi) is 6.50. The molecule has 0 aliphatic carbocycles. The number of halogens is 1. The number of benzene rings is 2. The lowest BCUT2D eigenvalue weighted by atomic mass is 9.86. The Balaban J connectivity index is 1.95. The van der Waals surface area contributed by atoms with Crippen LogP contribution in [0.25, 0.3) is 0 Å². The minimum atomic E-state index is -3.75. The molecule has 0 saturated heterocycles. The van der Waals surface area contributed by atoms with Crippen LogP contribution in [0.2, 0.25) is 5.02 Å². The van der Waals surface area contributed by atoms with Crippen LogP contribution in [0.3, 0.4) is 0 Å². The van der Waals surface area contributed by atoms with Crippen molar-refractivity contribution in [3.63, 3.8) is 0 Å². The third-order valence-electron chi connectivity index (χ3n) is 5.12. The van der Waals surface area contributed by atoms with Crippen LogP contribution in [-0.2, 0) is 21.0 Å². The lowest BCUT2D eigenvalue weighted by Gasteiger charge is -2.22. The first-order chi connectivity index (χ1) is 14.5. The minimum absolute atomic E-state index is 0.0683. The van der Waals surface area contributed by atoms with Gasteiger partial charge in [0.05, 0.1) is 17.3 Å². The highest BCUT2D eigenvalue weighted by molar-refractivity contribution is 7.90. The maximum absolute atomic E-state index is 13.0. The molecule has 0 aliphatic heterocycles. The smallest absolute Gasteiger partial charge is 0.193 e. The van der Waals surface area contributed by atoms with Gasteiger partial charge in [-0.2, -0.15) is 4.73 Å². The molecule has 0 radical (unpaired) electrons. The molecule has 1 aromatic heterocycles. The van der Waals surface area contributed by atoms with Crippen LogP contribution in [0.5, 0.6) is 0 Å². The van der Waals surface area contributed by atoms with Crippen LogP contribution in [-0.4, -0.2) is 25.9 Å². The van der Waals surface area contributed by atoms with Gasteiger partial charge >= 0.3 is 0 Å². The minimum Gasteiger partial charge on any atom is -0.619 e. The summed E-state index contributed by atoms with van der Waals surface area (Å²) >= 11 is 6.06. The van der Waals surface area contributed by atoms with Gasteiger partial charge in [-0.1, -0.05) is 43.6 Å². The summed E-state index contributed by atoms with van der Waals surface area (Å²) < 4.78 is 26.6. The van der Waals surface area contributed by atoms with Crippen molar-refractivity contribution in [2.45, 2.75) is 29.9 Å². The Labute approximate surface area is 186 Å². The fraction of sp³-hybridized carbons (Fsp3) is 0.217. The maximum atomic E-state index is 13.0. The predicted octanol–water partition coefficient (Wildman–Crippen LogP) is 3.45. The summed E-state index contributed by atoms with van der Waals surface area (Å²) in [5.74, 6) is -0.809. The molecule has 0 amide bonds. The quantitative estimate of drug-likeness (QED) is 0.331. The van der Waals surface area contributed by atoms with Crippen LogP contribution in [0.15, 0.2) is 71.9 Å². The SMILES string of the molecule is CC(C)(CO)c1ccc(S(=O)(=O)Cc2ccc(Cl)cc2C(=O)c2cc[n+]([O-])cc2)cc1. The summed E-state index contributed by atoms with van der Waals surface area (Å²) in [5.41, 5.74) is 1.06. The zero-order chi connectivity index (χ0) is 22.8. The Bertz CT molecular complexity index is 1200. The predicted molar refractivity (Wildman–Crippen MR) is 118 cm³/mol. The molecule has 6 nitrogen and oxygen atoms in total. The number of hydrogen-bond acceptors (Lipinski definition) is 5. The number of rotatable bonds is 7. The summed E-state index contributed by atoms with van der Waals surface area (Å²) in [6.45, 7) is 3.65. The molecular weight excluding hydrogens is 438 g/mol. The largest absolute Gasteiger partial charge is 0.619 e. The molecular formula is C23H22ClNO5S. The molecule has 1 heterocycles. The second-order valence-corrected chi connectivity index (χ2v) is 10.3. The van der Waals surface area contributed by atoms with Crippen molar-refractivity contribution < 1.29 is 23.0 Å². The third-order valence-corrected chi connectivity index (χ3v) is 7.03. The average Bonchev–Trinajstić information content (AvgIpc) is 2.75. The van der Waals surface area contributed by atoms with Crippen LogP contribution >= 0.6 is 11.6 Å². The first kappa shape index (κ1) is 22.9. The van der Waals surface area contributed by atoms with Crippen molar-refractivity contribution in [2.75, 3.05) is 6.61 Å². The lowest BCUT2D eigenvalue weighted by molar-refractivity contribution is -0.605. The van der Waals surface area contributed by atoms with E-state index in [2.05, 4.69) is 0 Å². The number of aliphatic hydroxyl groups is 1. The van der Waals surface area contributed by atoms with E-state index in [9.17, 15) is 23.5 Å². The summed E-state index contributed by atoms with van der Waals surface area (Å²) in [7, 11) is -3.75. The summed E-state index contributed by atoms with van der Waals surface area (Å²) in [6, 6.07) is 13.6. The van der Waals surface area contributed by atoms with Crippen LogP contribution < -0.4 is 4.73 Å². The van der Waals surface area contributed by atoms with Crippen molar-refractivity contribution in [3.05, 3.63) is 99.5 Å². The number of aliphatic hydroxyl groups excluding tert-OH is 1. The zero-order valence-corrected chi connectivity index (χ0v) is 18.7. The highest BCUT2D eigenvalue weighted by atomic mass is 35.5. The second kappa shape index (κ2) is 8.78. The molecule has 0 atom stereocenters. The van der Waals surface area contributed by atoms with Crippen molar-refractivity contribution in [1.29, 1.82) is 0 Å². The van der Waals surface area contributed by atoms with Gasteiger partial charge in [-0.15, -0.1) is 0 Å². The van der Waals surface area contributed by atoms with Crippen molar-refractivity contribution in [1.82, 2.24) is 0 Å². The van der Waals surface area contributed by atoms with Gasteiger partial charge in [0, 0.05) is 33.7 Å². The number of pyridine rings is 1. The van der Waals surface area contributed by atoms with Gasteiger partial charge in [0.1, 0.15) is 0 Å². The summed E-state index contributed by atoms with van der Waals surface area (Å²) in [5, 5.41) is 21.0. The van der Waals surface area contributed by atoms with Gasteiger partial charge in [0.2, 0.25) is 0 Å². The molecule has 0 spiro atoms. The number of carbonyl (C=O) groups excluding carboxylic acids is 1. The van der Waals surface area contributed by atoms with E-state index in [4.69, 9.17) is 11.6 Å². The van der Waals surface area contributed by atoms with E-state index in [0.29, 0.717) is 15.3 Å². The molecule has 0 aliphatic rings. The molecule has 0 saturated carbocycles. The van der Waals surface area contributed by atoms with Crippen molar-refractivity contribution >= 4 is 27.2 Å². The van der Waals surface area contributed by atoms with Crippen LogP contribution in [0.4, 0.5) is 0 Å². The molecule has 3 rings (SSSR count). The van der Waals surface area contributed by atoms with E-state index in [1.165, 1.54) is 54.9 Å². The van der Waals surface area contributed by atoms with E-state index in [1.807, 2.05) is 13.8 Å². The molecule has 0 bridgehead atoms. The fourth-order valence-corrected chi connectivity index (χ4v) is 4.65. The number of hydrogen-bond donors (Lipinski definition) is 1. The molecule has 0 fully saturated rings. The first-order valence-corrected chi connectivity index (χ1v) is 11.5. The lowest BCUT2D eigenvalue weighted by Crippen LogP contribution is -2.24. The van der Waals surface area contributed by atoms with E-state index < -0.39 is 21.0 Å². The molecule has 3 aromatic rings. The zero-order valence-electron chi connectivity index (χ0n) is 17.1. The molecule has 0 unspecified atom stereocenters. The number of aromatic nitrogens is 1. The number of carbonyl (C=O) groups is 1. The van der Waals surface area contributed by atoms with Gasteiger partial charge in [-0.25, -0.2) is 8.42 Å². The van der Waals surface area contributed by atoms with Crippen molar-refractivity contribution in [3.8, 4) is 0 Å². The van der Waals surface area contributed by atoms with Crippen molar-refractivity contribution in [2.24, 2.45) is 0 Å². The molecule has 2 aromatic carbocycles. The van der Waals surface area contributed by atoms with Gasteiger partial charge < -0.3 is 10.3 Å². The Morgan fingerprint density at radius 2 is 1.68 bits per heavy atom. The molecule has 1 N–H and O–H groups in total. The third kappa shape index (κ3) is 5.12. The van der Waals surface area contributed by atoms with E-state index in [1.54, 1.807) is 12.1 Å². The Morgan fingerprint density at radius 3 is 2.26 bits per heavy atom. The van der Waals surface area contributed by atoms with Gasteiger partial charge in [-0.05, 0) is 35.4 Å². The average molecular weight is 460 g/mol. The van der Waals surface area contributed by atoms with E-state index in [0.717, 1.165) is 5.56 Å². The topological polar surface area (TPSA) is 98.4 Å². The first-order valence-electron chi connectivity index (χ1n) is 9.49. The molecule has 31 heavy (non-hydrogen) atoms. The van der Waals surface area contributed by atoms with Crippen LogP contribution in [0, 0.1) is 5.21 Å². The van der Waals surface area contributed by atoms with Gasteiger partial charge in [0.15, 0.2) is 28.0 Å². The van der Waals surface area contributed by atoms with E-state index >= 15 is 0 Å². The number of sulfone groups is 1. The van der Waals surface area contributed by atoms with Gasteiger partial charge in [-0.3, -0.25) is 4.79 Å². The van der Waals surface area contributed by atoms with E-state index in [-0.39, 0.29) is 28.4 Å². The highest BCUT2D eigenvalue weighted by Crippen LogP contribution is 2.27. The summed E-state index contributed by atoms with van der Waals surface area (Å²) in [6.07, 6.45) is 2.40. The fourth-order valence-electron chi connectivity index (χ4n) is 3.10. The molecule has 162 valence electrons. The monoisotopic (exact) mass is 459 g/mol. The summed E-state index contributed by atoms with van der Waals surface area (Å²) in [4.78, 5) is 13.1. The van der Waals surface area contributed by atoms with Crippen LogP contribution in [0.1, 0.15) is 40.9 Å². The second-order valence-electron chi connectivity index (χ2n) is 7.90. The molecule has 8 heteroatoms. The Morgan fingerprint density at radius 1 is 1.06 bits per heavy atom. The maximum Gasteiger partial charge on any atom is 0.193 e. The highest BCUT2D eigenvalue weighted by Gasteiger charge is 2.23. The van der Waals surface area contributed by atoms with Gasteiger partial charge in [0.25, 0.3) is 0 Å². The standard InChI is InChI=1S/C23H22ClNO5S/c1-23(2,15-26)18-4-7-20(8-5-18)31(29,30)14-17-3-6-19(24)13-21(17)22(27)16-9-11-25(28)12-10-16/h3-13,26H,14-15H2,1-2H3. The number of ketones is 1. The normalized spacial score (nSPS) is 12.0. The number of nitrogens with zero attached hydrogens (tertiary/aromatic N) is 1.